The number of allylic oxidation sites excluding steroid dienone is 2. The molecule has 1 saturated heterocycles. The van der Waals surface area contributed by atoms with Crippen LogP contribution < -0.4 is 5.32 Å². The summed E-state index contributed by atoms with van der Waals surface area (Å²) in [7, 11) is 0. The molecule has 1 heterocycles. The van der Waals surface area contributed by atoms with E-state index >= 15 is 0 Å². The van der Waals surface area contributed by atoms with E-state index in [1.807, 2.05) is 17.1 Å². The average molecular weight is 569 g/mol. The summed E-state index contributed by atoms with van der Waals surface area (Å²) in [6, 6.07) is 16.5. The van der Waals surface area contributed by atoms with Crippen molar-refractivity contribution in [1.29, 1.82) is 0 Å². The van der Waals surface area contributed by atoms with E-state index in [9.17, 15) is 4.79 Å². The van der Waals surface area contributed by atoms with E-state index in [0.29, 0.717) is 12.6 Å². The third kappa shape index (κ3) is 6.60. The van der Waals surface area contributed by atoms with Crippen molar-refractivity contribution in [2.45, 2.75) is 108 Å². The highest BCUT2D eigenvalue weighted by Crippen LogP contribution is 2.47. The van der Waals surface area contributed by atoms with E-state index in [1.165, 1.54) is 40.7 Å². The van der Waals surface area contributed by atoms with Crippen LogP contribution in [0.5, 0.6) is 0 Å². The van der Waals surface area contributed by atoms with Gasteiger partial charge < -0.3 is 15.0 Å². The lowest BCUT2D eigenvalue weighted by Crippen LogP contribution is -2.48. The Balaban J connectivity index is 1.34. The Morgan fingerprint density at radius 1 is 0.905 bits per heavy atom. The van der Waals surface area contributed by atoms with Crippen molar-refractivity contribution in [3.05, 3.63) is 83.5 Å². The quantitative estimate of drug-likeness (QED) is 0.233. The Hall–Kier alpha value is -2.69. The van der Waals surface area contributed by atoms with E-state index in [2.05, 4.69) is 101 Å². The van der Waals surface area contributed by atoms with Gasteiger partial charge in [-0.15, -0.1) is 0 Å². The predicted molar refractivity (Wildman–Crippen MR) is 175 cm³/mol. The van der Waals surface area contributed by atoms with Gasteiger partial charge in [0.2, 0.25) is 0 Å². The fourth-order valence-corrected chi connectivity index (χ4v) is 6.86. The first kappa shape index (κ1) is 30.8. The molecular weight excluding hydrogens is 516 g/mol. The molecule has 0 bridgehead atoms. The minimum absolute atomic E-state index is 0.0830. The van der Waals surface area contributed by atoms with Crippen molar-refractivity contribution in [3.8, 4) is 11.1 Å². The van der Waals surface area contributed by atoms with Crippen LogP contribution in [0, 0.1) is 0 Å². The molecule has 1 amide bonds. The second kappa shape index (κ2) is 12.5. The molecular formula is C38H52N2O2. The molecule has 1 N–H and O–H groups in total. The van der Waals surface area contributed by atoms with E-state index in [0.717, 1.165) is 45.3 Å². The molecule has 3 aliphatic rings. The minimum Gasteiger partial charge on any atom is -0.357 e. The topological polar surface area (TPSA) is 41.6 Å². The Labute approximate surface area is 254 Å². The van der Waals surface area contributed by atoms with Gasteiger partial charge in [-0.1, -0.05) is 96.2 Å². The predicted octanol–water partition coefficient (Wildman–Crippen LogP) is 8.07. The van der Waals surface area contributed by atoms with Crippen LogP contribution in [0.2, 0.25) is 0 Å². The average Bonchev–Trinajstić information content (AvgIpc) is 3.52. The molecule has 0 spiro atoms. The summed E-state index contributed by atoms with van der Waals surface area (Å²) >= 11 is 0. The van der Waals surface area contributed by atoms with Gasteiger partial charge in [0.1, 0.15) is 0 Å². The summed E-state index contributed by atoms with van der Waals surface area (Å²) in [5.74, 6) is 0.191. The molecule has 1 fully saturated rings. The molecule has 0 unspecified atom stereocenters. The Bertz CT molecular complexity index is 1300. The number of fused-ring (bicyclic) bond motifs is 1. The second-order valence-electron chi connectivity index (χ2n) is 14.4. The van der Waals surface area contributed by atoms with E-state index < -0.39 is 5.60 Å². The van der Waals surface area contributed by atoms with Gasteiger partial charge in [0, 0.05) is 31.7 Å². The van der Waals surface area contributed by atoms with Crippen LogP contribution in [0.15, 0.2) is 66.8 Å². The van der Waals surface area contributed by atoms with Gasteiger partial charge in [0.25, 0.3) is 5.91 Å². The number of ether oxygens (including phenoxy) is 1. The number of hydrogen-bond donors (Lipinski definition) is 1. The molecule has 0 saturated carbocycles. The SMILES string of the molecule is CC(C)NCCCCOC1(C(=O)N2CCCC2)C=CC(c2cccc(-c3ccc4c(c3)C(C)(C)CCC4(C)C)c2)C=C1. The lowest BCUT2D eigenvalue weighted by atomic mass is 9.63. The molecule has 42 heavy (non-hydrogen) atoms. The molecule has 0 radical (unpaired) electrons. The van der Waals surface area contributed by atoms with Gasteiger partial charge in [-0.25, -0.2) is 0 Å². The molecule has 0 aromatic heterocycles. The van der Waals surface area contributed by atoms with Crippen LogP contribution >= 0.6 is 0 Å². The summed E-state index contributed by atoms with van der Waals surface area (Å²) < 4.78 is 6.43. The zero-order valence-corrected chi connectivity index (χ0v) is 26.8. The van der Waals surface area contributed by atoms with E-state index in [4.69, 9.17) is 4.74 Å². The molecule has 0 atom stereocenters. The van der Waals surface area contributed by atoms with Gasteiger partial charge in [-0.3, -0.25) is 4.79 Å². The number of carbonyl (C=O) groups excluding carboxylic acids is 1. The largest absolute Gasteiger partial charge is 0.357 e. The normalized spacial score (nSPS) is 24.3. The standard InChI is InChI=1S/C38H52N2O2/c1-28(2)39-22-7-10-25-42-38(35(41)40-23-8-9-24-40)18-16-29(17-19-38)30-12-11-13-31(26-30)32-14-15-33-34(27-32)37(5,6)21-20-36(33,3)4/h11-19,26-29,39H,7-10,20-25H2,1-6H3. The first-order valence-electron chi connectivity index (χ1n) is 16.3. The van der Waals surface area contributed by atoms with Crippen molar-refractivity contribution < 1.29 is 9.53 Å². The third-order valence-electron chi connectivity index (χ3n) is 9.75. The van der Waals surface area contributed by atoms with Crippen molar-refractivity contribution in [3.63, 3.8) is 0 Å². The highest BCUT2D eigenvalue weighted by molar-refractivity contribution is 5.90. The van der Waals surface area contributed by atoms with Crippen molar-refractivity contribution in [1.82, 2.24) is 10.2 Å². The Morgan fingerprint density at radius 2 is 1.57 bits per heavy atom. The molecule has 2 aromatic carbocycles. The number of carbonyl (C=O) groups is 1. The lowest BCUT2D eigenvalue weighted by molar-refractivity contribution is -0.146. The molecule has 1 aliphatic heterocycles. The summed E-state index contributed by atoms with van der Waals surface area (Å²) in [6.07, 6.45) is 14.9. The van der Waals surface area contributed by atoms with Crippen molar-refractivity contribution >= 4 is 5.91 Å². The molecule has 226 valence electrons. The molecule has 4 nitrogen and oxygen atoms in total. The summed E-state index contributed by atoms with van der Waals surface area (Å²) in [6.45, 7) is 17.1. The molecule has 4 heteroatoms. The number of unbranched alkanes of at least 4 members (excludes halogenated alkanes) is 1. The van der Waals surface area contributed by atoms with Gasteiger partial charge in [-0.05, 0) is 95.9 Å². The number of hydrogen-bond acceptors (Lipinski definition) is 3. The molecule has 2 aromatic rings. The number of likely N-dealkylation sites (tertiary alicyclic amines) is 1. The minimum atomic E-state index is -0.999. The Morgan fingerprint density at radius 3 is 2.26 bits per heavy atom. The van der Waals surface area contributed by atoms with E-state index in [1.54, 1.807) is 0 Å². The number of nitrogens with zero attached hydrogens (tertiary/aromatic N) is 1. The van der Waals surface area contributed by atoms with Gasteiger partial charge in [0.15, 0.2) is 5.60 Å². The second-order valence-corrected chi connectivity index (χ2v) is 14.4. The van der Waals surface area contributed by atoms with Crippen molar-refractivity contribution in [2.75, 3.05) is 26.2 Å². The number of benzene rings is 2. The number of nitrogens with one attached hydrogen (secondary N) is 1. The molecule has 5 rings (SSSR count). The zero-order valence-electron chi connectivity index (χ0n) is 26.8. The van der Waals surface area contributed by atoms with Crippen LogP contribution in [-0.2, 0) is 20.4 Å². The maximum atomic E-state index is 13.7. The summed E-state index contributed by atoms with van der Waals surface area (Å²) in [4.78, 5) is 15.7. The van der Waals surface area contributed by atoms with Crippen molar-refractivity contribution in [2.24, 2.45) is 0 Å². The smallest absolute Gasteiger partial charge is 0.262 e. The fourth-order valence-electron chi connectivity index (χ4n) is 6.86. The van der Waals surface area contributed by atoms with Crippen LogP contribution in [0.3, 0.4) is 0 Å². The number of amides is 1. The van der Waals surface area contributed by atoms with E-state index in [-0.39, 0.29) is 22.7 Å². The highest BCUT2D eigenvalue weighted by atomic mass is 16.5. The monoisotopic (exact) mass is 568 g/mol. The zero-order chi connectivity index (χ0) is 30.0. The molecule has 2 aliphatic carbocycles. The maximum Gasteiger partial charge on any atom is 0.262 e. The van der Waals surface area contributed by atoms with Crippen LogP contribution in [0.1, 0.15) is 103 Å². The highest BCUT2D eigenvalue weighted by Gasteiger charge is 2.40. The van der Waals surface area contributed by atoms with Crippen LogP contribution in [0.25, 0.3) is 11.1 Å². The van der Waals surface area contributed by atoms with Crippen LogP contribution in [0.4, 0.5) is 0 Å². The number of rotatable bonds is 10. The Kier molecular flexibility index (Phi) is 9.16. The third-order valence-corrected chi connectivity index (χ3v) is 9.75. The first-order chi connectivity index (χ1) is 20.0. The summed E-state index contributed by atoms with van der Waals surface area (Å²) in [5, 5.41) is 3.46. The summed E-state index contributed by atoms with van der Waals surface area (Å²) in [5.41, 5.74) is 6.14. The van der Waals surface area contributed by atoms with Gasteiger partial charge in [-0.2, -0.15) is 0 Å². The first-order valence-corrected chi connectivity index (χ1v) is 16.3. The van der Waals surface area contributed by atoms with Gasteiger partial charge in [0.05, 0.1) is 0 Å². The van der Waals surface area contributed by atoms with Gasteiger partial charge >= 0.3 is 0 Å². The fraction of sp³-hybridized carbons (Fsp3) is 0.553. The lowest BCUT2D eigenvalue weighted by Gasteiger charge is -2.42. The maximum absolute atomic E-state index is 13.7. The van der Waals surface area contributed by atoms with Crippen LogP contribution in [-0.4, -0.2) is 48.7 Å².